The van der Waals surface area contributed by atoms with Crippen molar-refractivity contribution in [3.63, 3.8) is 0 Å². The zero-order valence-corrected chi connectivity index (χ0v) is 16.5. The standard InChI is InChI=1S/C19H27N5OS/c1-14-12-18(24-17(20-14)11-15(2)21-24)22-5-3-16(4-6-22)13-19(25)23-7-9-26-10-8-23/h11-12,16H,3-10,13H2,1-2H3. The van der Waals surface area contributed by atoms with E-state index in [1.807, 2.05) is 36.2 Å². The van der Waals surface area contributed by atoms with E-state index in [2.05, 4.69) is 25.9 Å². The van der Waals surface area contributed by atoms with E-state index < -0.39 is 0 Å². The lowest BCUT2D eigenvalue weighted by atomic mass is 9.93. The van der Waals surface area contributed by atoms with E-state index in [1.54, 1.807) is 0 Å². The Morgan fingerprint density at radius 2 is 1.85 bits per heavy atom. The first kappa shape index (κ1) is 17.6. The lowest BCUT2D eigenvalue weighted by Gasteiger charge is -2.34. The molecule has 6 nitrogen and oxygen atoms in total. The Hall–Kier alpha value is -1.76. The molecule has 2 aliphatic heterocycles. The van der Waals surface area contributed by atoms with E-state index in [-0.39, 0.29) is 0 Å². The summed E-state index contributed by atoms with van der Waals surface area (Å²) in [6, 6.07) is 4.15. The van der Waals surface area contributed by atoms with Crippen LogP contribution in [0.15, 0.2) is 12.1 Å². The van der Waals surface area contributed by atoms with E-state index >= 15 is 0 Å². The highest BCUT2D eigenvalue weighted by Gasteiger charge is 2.26. The predicted octanol–water partition coefficient (Wildman–Crippen LogP) is 2.53. The van der Waals surface area contributed by atoms with Gasteiger partial charge in [0.2, 0.25) is 5.91 Å². The van der Waals surface area contributed by atoms with Crippen LogP contribution in [0.3, 0.4) is 0 Å². The first-order valence-corrected chi connectivity index (χ1v) is 10.7. The van der Waals surface area contributed by atoms with Gasteiger partial charge in [0.05, 0.1) is 5.69 Å². The first-order chi connectivity index (χ1) is 12.6. The molecule has 2 fully saturated rings. The van der Waals surface area contributed by atoms with Gasteiger partial charge >= 0.3 is 0 Å². The van der Waals surface area contributed by atoms with Gasteiger partial charge in [0.1, 0.15) is 5.82 Å². The lowest BCUT2D eigenvalue weighted by Crippen LogP contribution is -2.41. The zero-order chi connectivity index (χ0) is 18.1. The molecular formula is C19H27N5OS. The largest absolute Gasteiger partial charge is 0.356 e. The van der Waals surface area contributed by atoms with Gasteiger partial charge in [-0.2, -0.15) is 21.4 Å². The lowest BCUT2D eigenvalue weighted by molar-refractivity contribution is -0.132. The van der Waals surface area contributed by atoms with Crippen LogP contribution in [0.4, 0.5) is 5.82 Å². The molecule has 0 aliphatic carbocycles. The number of piperidine rings is 1. The zero-order valence-electron chi connectivity index (χ0n) is 15.6. The van der Waals surface area contributed by atoms with Gasteiger partial charge in [-0.1, -0.05) is 0 Å². The predicted molar refractivity (Wildman–Crippen MR) is 106 cm³/mol. The Kier molecular flexibility index (Phi) is 5.07. The van der Waals surface area contributed by atoms with E-state index in [1.165, 1.54) is 0 Å². The molecule has 0 atom stereocenters. The number of nitrogens with zero attached hydrogens (tertiary/aromatic N) is 5. The van der Waals surface area contributed by atoms with E-state index in [4.69, 9.17) is 0 Å². The quantitative estimate of drug-likeness (QED) is 0.828. The van der Waals surface area contributed by atoms with Gasteiger partial charge in [-0.25, -0.2) is 4.98 Å². The second-order valence-electron chi connectivity index (χ2n) is 7.44. The van der Waals surface area contributed by atoms with Gasteiger partial charge in [-0.15, -0.1) is 0 Å². The minimum absolute atomic E-state index is 0.355. The van der Waals surface area contributed by atoms with E-state index in [9.17, 15) is 4.79 Å². The van der Waals surface area contributed by atoms with Crippen molar-refractivity contribution in [1.29, 1.82) is 0 Å². The van der Waals surface area contributed by atoms with Gasteiger partial charge in [-0.05, 0) is 32.6 Å². The third-order valence-electron chi connectivity index (χ3n) is 5.42. The molecule has 2 aliphatic rings. The average molecular weight is 374 g/mol. The summed E-state index contributed by atoms with van der Waals surface area (Å²) < 4.78 is 1.96. The SMILES string of the molecule is Cc1cc(N2CCC(CC(=O)N3CCSCC3)CC2)n2nc(C)cc2n1. The maximum absolute atomic E-state index is 12.5. The third-order valence-corrected chi connectivity index (χ3v) is 6.37. The molecule has 2 aromatic heterocycles. The Morgan fingerprint density at radius 3 is 2.58 bits per heavy atom. The third kappa shape index (κ3) is 3.68. The summed E-state index contributed by atoms with van der Waals surface area (Å²) in [6.07, 6.45) is 2.85. The molecule has 2 aromatic rings. The Balaban J connectivity index is 1.40. The molecule has 26 heavy (non-hydrogen) atoms. The van der Waals surface area contributed by atoms with Crippen LogP contribution in [0.25, 0.3) is 5.65 Å². The van der Waals surface area contributed by atoms with Gasteiger partial charge in [0, 0.05) is 61.9 Å². The number of thioether (sulfide) groups is 1. The molecule has 0 bridgehead atoms. The number of aromatic nitrogens is 3. The number of aryl methyl sites for hydroxylation is 2. The van der Waals surface area contributed by atoms with Crippen molar-refractivity contribution < 1.29 is 4.79 Å². The Labute approximate surface area is 158 Å². The molecular weight excluding hydrogens is 346 g/mol. The molecule has 0 aromatic carbocycles. The van der Waals surface area contributed by atoms with E-state index in [0.717, 1.165) is 73.4 Å². The highest BCUT2D eigenvalue weighted by atomic mass is 32.2. The van der Waals surface area contributed by atoms with Crippen LogP contribution in [0.5, 0.6) is 0 Å². The summed E-state index contributed by atoms with van der Waals surface area (Å²) in [6.45, 7) is 7.85. The molecule has 7 heteroatoms. The van der Waals surface area contributed by atoms with Gasteiger partial charge < -0.3 is 9.80 Å². The molecule has 4 heterocycles. The fraction of sp³-hybridized carbons (Fsp3) is 0.632. The molecule has 0 N–H and O–H groups in total. The van der Waals surface area contributed by atoms with E-state index in [0.29, 0.717) is 18.2 Å². The molecule has 140 valence electrons. The highest BCUT2D eigenvalue weighted by Crippen LogP contribution is 2.27. The van der Waals surface area contributed by atoms with Crippen LogP contribution in [-0.4, -0.2) is 63.1 Å². The highest BCUT2D eigenvalue weighted by molar-refractivity contribution is 7.99. The number of hydrogen-bond donors (Lipinski definition) is 0. The Bertz CT molecular complexity index is 791. The minimum Gasteiger partial charge on any atom is -0.356 e. The monoisotopic (exact) mass is 373 g/mol. The number of fused-ring (bicyclic) bond motifs is 1. The number of amides is 1. The van der Waals surface area contributed by atoms with Crippen molar-refractivity contribution in [2.45, 2.75) is 33.1 Å². The molecule has 0 spiro atoms. The molecule has 4 rings (SSSR count). The molecule has 2 saturated heterocycles. The second-order valence-corrected chi connectivity index (χ2v) is 8.66. The summed E-state index contributed by atoms with van der Waals surface area (Å²) in [5.41, 5.74) is 2.93. The van der Waals surface area contributed by atoms with Crippen LogP contribution < -0.4 is 4.90 Å². The normalized spacial score (nSPS) is 19.3. The number of rotatable bonds is 3. The summed E-state index contributed by atoms with van der Waals surface area (Å²) in [5.74, 6) is 4.16. The van der Waals surface area contributed by atoms with Crippen LogP contribution in [0.2, 0.25) is 0 Å². The molecule has 0 unspecified atom stereocenters. The fourth-order valence-electron chi connectivity index (χ4n) is 3.98. The smallest absolute Gasteiger partial charge is 0.222 e. The number of carbonyl (C=O) groups is 1. The van der Waals surface area contributed by atoms with Crippen LogP contribution in [0.1, 0.15) is 30.7 Å². The van der Waals surface area contributed by atoms with Crippen molar-refractivity contribution in [2.24, 2.45) is 5.92 Å². The van der Waals surface area contributed by atoms with Crippen molar-refractivity contribution >= 4 is 29.1 Å². The van der Waals surface area contributed by atoms with Crippen molar-refractivity contribution in [2.75, 3.05) is 42.6 Å². The summed E-state index contributed by atoms with van der Waals surface area (Å²) in [5, 5.41) is 4.61. The topological polar surface area (TPSA) is 53.7 Å². The molecule has 1 amide bonds. The summed E-state index contributed by atoms with van der Waals surface area (Å²) in [7, 11) is 0. The summed E-state index contributed by atoms with van der Waals surface area (Å²) in [4.78, 5) is 21.6. The Morgan fingerprint density at radius 1 is 1.12 bits per heavy atom. The minimum atomic E-state index is 0.355. The number of anilines is 1. The van der Waals surface area contributed by atoms with Crippen LogP contribution in [0, 0.1) is 19.8 Å². The second kappa shape index (κ2) is 7.47. The van der Waals surface area contributed by atoms with Crippen molar-refractivity contribution in [3.05, 3.63) is 23.5 Å². The van der Waals surface area contributed by atoms with Crippen molar-refractivity contribution in [1.82, 2.24) is 19.5 Å². The van der Waals surface area contributed by atoms with Crippen molar-refractivity contribution in [3.8, 4) is 0 Å². The molecule has 0 radical (unpaired) electrons. The number of hydrogen-bond acceptors (Lipinski definition) is 5. The fourth-order valence-corrected chi connectivity index (χ4v) is 4.88. The van der Waals surface area contributed by atoms with Crippen LogP contribution in [-0.2, 0) is 4.79 Å². The summed E-state index contributed by atoms with van der Waals surface area (Å²) >= 11 is 1.95. The van der Waals surface area contributed by atoms with Crippen LogP contribution >= 0.6 is 11.8 Å². The number of carbonyl (C=O) groups excluding carboxylic acids is 1. The maximum atomic E-state index is 12.5. The van der Waals surface area contributed by atoms with Gasteiger partial charge in [-0.3, -0.25) is 4.79 Å². The molecule has 0 saturated carbocycles. The van der Waals surface area contributed by atoms with Gasteiger partial charge in [0.15, 0.2) is 5.65 Å². The maximum Gasteiger partial charge on any atom is 0.222 e. The van der Waals surface area contributed by atoms with Gasteiger partial charge in [0.25, 0.3) is 0 Å². The first-order valence-electron chi connectivity index (χ1n) is 9.54. The average Bonchev–Trinajstić information content (AvgIpc) is 3.02.